The van der Waals surface area contributed by atoms with Gasteiger partial charge in [-0.3, -0.25) is 0 Å². The van der Waals surface area contributed by atoms with E-state index in [0.717, 1.165) is 11.5 Å². The minimum Gasteiger partial charge on any atom is -0.543 e. The SMILES string of the molecule is Cc1c(O[Si](C)(C)C(C)(C)C)cc(O[Si](C)(C)C(C)(C)C)cc1-c1ccc2c3cccc4cccc(c5cccc1c52)c43. The van der Waals surface area contributed by atoms with Gasteiger partial charge in [-0.2, -0.15) is 0 Å². The quantitative estimate of drug-likeness (QED) is 0.111. The van der Waals surface area contributed by atoms with Crippen LogP contribution in [0.2, 0.25) is 36.3 Å². The van der Waals surface area contributed by atoms with Crippen LogP contribution in [-0.2, 0) is 0 Å². The molecule has 6 rings (SSSR count). The van der Waals surface area contributed by atoms with Crippen LogP contribution >= 0.6 is 0 Å². The molecule has 0 aliphatic heterocycles. The Morgan fingerprint density at radius 2 is 1.00 bits per heavy atom. The van der Waals surface area contributed by atoms with Crippen molar-refractivity contribution in [3.63, 3.8) is 0 Å². The summed E-state index contributed by atoms with van der Waals surface area (Å²) in [4.78, 5) is 0. The predicted octanol–water partition coefficient (Wildman–Crippen LogP) is 12.5. The average Bonchev–Trinajstić information content (AvgIpc) is 2.91. The number of benzene rings is 6. The first-order valence-electron chi connectivity index (χ1n) is 15.6. The van der Waals surface area contributed by atoms with E-state index in [4.69, 9.17) is 8.85 Å². The average molecular weight is 603 g/mol. The molecule has 0 saturated carbocycles. The highest BCUT2D eigenvalue weighted by atomic mass is 28.4. The Balaban J connectivity index is 1.65. The Morgan fingerprint density at radius 1 is 0.512 bits per heavy atom. The Morgan fingerprint density at radius 3 is 1.58 bits per heavy atom. The van der Waals surface area contributed by atoms with Crippen LogP contribution in [0.4, 0.5) is 0 Å². The first-order valence-corrected chi connectivity index (χ1v) is 21.4. The number of fused-ring (bicyclic) bond motifs is 2. The van der Waals surface area contributed by atoms with Gasteiger partial charge in [0.15, 0.2) is 0 Å². The standard InChI is InChI=1S/C39H46O2Si2/c1-25-34(23-27(40-42(8,9)38(2,3)4)24-35(25)41-43(10,11)39(5,6)7)28-21-22-33-31-18-13-16-26-15-12-17-30(36(26)31)32-20-14-19-29(28)37(32)33/h12-24H,1-11H3. The van der Waals surface area contributed by atoms with Crippen molar-refractivity contribution < 1.29 is 8.85 Å². The summed E-state index contributed by atoms with van der Waals surface area (Å²) in [5.41, 5.74) is 3.59. The zero-order valence-corrected chi connectivity index (χ0v) is 29.8. The number of rotatable bonds is 5. The molecule has 6 aromatic carbocycles. The van der Waals surface area contributed by atoms with Crippen LogP contribution < -0.4 is 8.85 Å². The van der Waals surface area contributed by atoms with Gasteiger partial charge in [-0.15, -0.1) is 0 Å². The summed E-state index contributed by atoms with van der Waals surface area (Å²) >= 11 is 0. The second-order valence-electron chi connectivity index (χ2n) is 15.4. The molecule has 0 aliphatic rings. The van der Waals surface area contributed by atoms with Gasteiger partial charge in [0, 0.05) is 6.07 Å². The molecular formula is C39H46O2Si2. The van der Waals surface area contributed by atoms with Crippen molar-refractivity contribution in [1.29, 1.82) is 0 Å². The maximum Gasteiger partial charge on any atom is 0.250 e. The molecule has 0 N–H and O–H groups in total. The Bertz CT molecular complexity index is 1950. The molecule has 0 bridgehead atoms. The minimum absolute atomic E-state index is 0.0879. The van der Waals surface area contributed by atoms with Crippen LogP contribution in [0.5, 0.6) is 11.5 Å². The Labute approximate surface area is 259 Å². The molecule has 0 unspecified atom stereocenters. The highest BCUT2D eigenvalue weighted by Crippen LogP contribution is 2.47. The third kappa shape index (κ3) is 4.83. The monoisotopic (exact) mass is 602 g/mol. The van der Waals surface area contributed by atoms with Crippen LogP contribution in [0, 0.1) is 6.92 Å². The maximum atomic E-state index is 7.05. The van der Waals surface area contributed by atoms with E-state index in [1.165, 1.54) is 59.8 Å². The van der Waals surface area contributed by atoms with E-state index in [2.05, 4.69) is 154 Å². The van der Waals surface area contributed by atoms with Gasteiger partial charge in [0.25, 0.3) is 0 Å². The molecular weight excluding hydrogens is 557 g/mol. The summed E-state index contributed by atoms with van der Waals surface area (Å²) in [6.45, 7) is 25.3. The van der Waals surface area contributed by atoms with Crippen LogP contribution in [-0.4, -0.2) is 16.6 Å². The number of hydrogen-bond acceptors (Lipinski definition) is 2. The maximum absolute atomic E-state index is 7.05. The second-order valence-corrected chi connectivity index (χ2v) is 24.9. The van der Waals surface area contributed by atoms with E-state index in [0.29, 0.717) is 0 Å². The molecule has 0 fully saturated rings. The van der Waals surface area contributed by atoms with Crippen molar-refractivity contribution in [1.82, 2.24) is 0 Å². The zero-order valence-electron chi connectivity index (χ0n) is 27.8. The van der Waals surface area contributed by atoms with Crippen LogP contribution in [0.1, 0.15) is 47.1 Å². The fourth-order valence-corrected chi connectivity index (χ4v) is 7.94. The molecule has 6 aromatic rings. The Kier molecular flexibility index (Phi) is 6.79. The van der Waals surface area contributed by atoms with Crippen molar-refractivity contribution >= 4 is 59.7 Å². The molecule has 43 heavy (non-hydrogen) atoms. The van der Waals surface area contributed by atoms with Gasteiger partial charge in [0.1, 0.15) is 11.5 Å². The smallest absolute Gasteiger partial charge is 0.250 e. The molecule has 0 saturated heterocycles. The van der Waals surface area contributed by atoms with E-state index in [1.807, 2.05) is 0 Å². The summed E-state index contributed by atoms with van der Waals surface area (Å²) < 4.78 is 14.0. The summed E-state index contributed by atoms with van der Waals surface area (Å²) in [5, 5.41) is 10.7. The van der Waals surface area contributed by atoms with Gasteiger partial charge >= 0.3 is 0 Å². The highest BCUT2D eigenvalue weighted by molar-refractivity contribution is 6.75. The Hall–Kier alpha value is -3.35. The normalized spacial score (nSPS) is 13.5. The van der Waals surface area contributed by atoms with Crippen molar-refractivity contribution in [2.45, 2.75) is 84.7 Å². The van der Waals surface area contributed by atoms with Gasteiger partial charge in [-0.05, 0) is 109 Å². The van der Waals surface area contributed by atoms with Crippen LogP contribution in [0.3, 0.4) is 0 Å². The second kappa shape index (κ2) is 9.83. The van der Waals surface area contributed by atoms with Gasteiger partial charge in [0.2, 0.25) is 16.6 Å². The third-order valence-corrected chi connectivity index (χ3v) is 19.2. The van der Waals surface area contributed by atoms with Gasteiger partial charge in [0.05, 0.1) is 0 Å². The lowest BCUT2D eigenvalue weighted by atomic mass is 9.86. The molecule has 2 nitrogen and oxygen atoms in total. The lowest BCUT2D eigenvalue weighted by Crippen LogP contribution is -2.44. The topological polar surface area (TPSA) is 18.5 Å². The summed E-state index contributed by atoms with van der Waals surface area (Å²) in [7, 11) is -4.18. The van der Waals surface area contributed by atoms with Crippen molar-refractivity contribution in [3.05, 3.63) is 84.4 Å². The largest absolute Gasteiger partial charge is 0.543 e. The number of hydrogen-bond donors (Lipinski definition) is 0. The zero-order chi connectivity index (χ0) is 31.1. The lowest BCUT2D eigenvalue weighted by Gasteiger charge is -2.38. The van der Waals surface area contributed by atoms with Gasteiger partial charge in [-0.25, -0.2) is 0 Å². The first-order chi connectivity index (χ1) is 20.0. The summed E-state index contributed by atoms with van der Waals surface area (Å²) in [6, 6.07) is 29.3. The molecule has 0 aliphatic carbocycles. The van der Waals surface area contributed by atoms with E-state index >= 15 is 0 Å². The van der Waals surface area contributed by atoms with Gasteiger partial charge < -0.3 is 8.85 Å². The van der Waals surface area contributed by atoms with E-state index in [1.54, 1.807) is 0 Å². The fourth-order valence-electron chi connectivity index (χ4n) is 5.86. The predicted molar refractivity (Wildman–Crippen MR) is 193 cm³/mol. The fraction of sp³-hybridized carbons (Fsp3) is 0.333. The molecule has 0 heterocycles. The molecule has 0 spiro atoms. The molecule has 0 radical (unpaired) electrons. The van der Waals surface area contributed by atoms with E-state index in [-0.39, 0.29) is 10.1 Å². The first kappa shape index (κ1) is 29.7. The highest BCUT2D eigenvalue weighted by Gasteiger charge is 2.41. The third-order valence-electron chi connectivity index (χ3n) is 10.5. The van der Waals surface area contributed by atoms with Crippen molar-refractivity contribution in [2.75, 3.05) is 0 Å². The summed E-state index contributed by atoms with van der Waals surface area (Å²) in [6.07, 6.45) is 0. The van der Waals surface area contributed by atoms with Crippen LogP contribution in [0.15, 0.2) is 78.9 Å². The minimum atomic E-state index is -2.10. The molecule has 0 atom stereocenters. The molecule has 222 valence electrons. The molecule has 0 amide bonds. The lowest BCUT2D eigenvalue weighted by molar-refractivity contribution is 0.473. The van der Waals surface area contributed by atoms with E-state index in [9.17, 15) is 0 Å². The van der Waals surface area contributed by atoms with Crippen molar-refractivity contribution in [3.8, 4) is 22.6 Å². The molecule has 4 heteroatoms. The summed E-state index contributed by atoms with van der Waals surface area (Å²) in [5.74, 6) is 1.87. The van der Waals surface area contributed by atoms with Crippen molar-refractivity contribution in [2.24, 2.45) is 0 Å². The van der Waals surface area contributed by atoms with Gasteiger partial charge in [-0.1, -0.05) is 108 Å². The van der Waals surface area contributed by atoms with E-state index < -0.39 is 16.6 Å². The molecule has 0 aromatic heterocycles. The van der Waals surface area contributed by atoms with Crippen LogP contribution in [0.25, 0.3) is 54.2 Å².